The fraction of sp³-hybridized carbons (Fsp3) is 0.393. The van der Waals surface area contributed by atoms with E-state index >= 15 is 0 Å². The van der Waals surface area contributed by atoms with E-state index in [1.165, 1.54) is 99.3 Å². The molecule has 0 N–H and O–H groups in total. The normalized spacial score (nSPS) is 28.3. The molecule has 8 aliphatic carbocycles. The molecular weight excluding hydrogens is 809 g/mol. The van der Waals surface area contributed by atoms with Crippen molar-refractivity contribution < 1.29 is 29.3 Å². The maximum atomic E-state index is 11.2. The Morgan fingerprint density at radius 3 is 1.03 bits per heavy atom. The second kappa shape index (κ2) is 16.6. The fourth-order valence-corrected chi connectivity index (χ4v) is 14.6. The number of benzene rings is 6. The molecule has 8 aliphatic rings. The van der Waals surface area contributed by atoms with Gasteiger partial charge in [-0.2, -0.15) is 0 Å². The first-order chi connectivity index (χ1) is 30.1. The Hall–Kier alpha value is -4.36. The number of carbonyl (C=O) groups excluding carboxylic acids is 2. The first-order valence-electron chi connectivity index (χ1n) is 22.9. The molecule has 316 valence electrons. The minimum absolute atomic E-state index is 0. The van der Waals surface area contributed by atoms with Gasteiger partial charge in [-0.3, -0.25) is 0 Å². The summed E-state index contributed by atoms with van der Waals surface area (Å²) in [5.74, 6) is 5.11. The van der Waals surface area contributed by atoms with Gasteiger partial charge in [0.05, 0.1) is 26.2 Å². The van der Waals surface area contributed by atoms with Crippen molar-refractivity contribution in [3.8, 4) is 33.8 Å². The average Bonchev–Trinajstić information content (AvgIpc) is 3.27. The molecule has 6 aromatic carbocycles. The standard InChI is InChI=1S/2C28H28O3.Ca/c2*1-31-26-7-6-23(21-2-3-22-12-24(27(29)30)5-4-20(22)11-21)13-25(26)28-14-17-8-18(15-28)10-19(9-17)16-28;/h2*2-7,11-13,17-19H,8-10,14-16H2,1H3,(H,29,30);/q;;+2/p-2. The predicted molar refractivity (Wildman–Crippen MR) is 246 cm³/mol. The molecule has 63 heavy (non-hydrogen) atoms. The smallest absolute Gasteiger partial charge is 0.545 e. The molecule has 0 amide bonds. The monoisotopic (exact) mass is 862 g/mol. The van der Waals surface area contributed by atoms with Gasteiger partial charge in [-0.05, 0) is 227 Å². The van der Waals surface area contributed by atoms with Crippen molar-refractivity contribution in [2.24, 2.45) is 35.5 Å². The average molecular weight is 863 g/mol. The summed E-state index contributed by atoms with van der Waals surface area (Å²) in [6, 6.07) is 36.2. The minimum Gasteiger partial charge on any atom is -0.545 e. The van der Waals surface area contributed by atoms with Crippen molar-refractivity contribution in [2.75, 3.05) is 14.2 Å². The molecule has 0 aliphatic heterocycles. The maximum Gasteiger partial charge on any atom is 2.00 e. The topological polar surface area (TPSA) is 98.7 Å². The van der Waals surface area contributed by atoms with Crippen LogP contribution in [-0.2, 0) is 10.8 Å². The predicted octanol–water partition coefficient (Wildman–Crippen LogP) is 10.3. The Morgan fingerprint density at radius 1 is 0.429 bits per heavy atom. The van der Waals surface area contributed by atoms with Crippen LogP contribution >= 0.6 is 0 Å². The van der Waals surface area contributed by atoms with Crippen LogP contribution in [0.5, 0.6) is 11.5 Å². The third-order valence-electron chi connectivity index (χ3n) is 16.4. The Labute approximate surface area is 400 Å². The van der Waals surface area contributed by atoms with E-state index in [4.69, 9.17) is 9.47 Å². The van der Waals surface area contributed by atoms with Crippen molar-refractivity contribution in [3.05, 3.63) is 131 Å². The van der Waals surface area contributed by atoms with E-state index in [0.29, 0.717) is 0 Å². The van der Waals surface area contributed by atoms with Gasteiger partial charge in [0.15, 0.2) is 0 Å². The molecule has 6 aromatic rings. The van der Waals surface area contributed by atoms with Crippen LogP contribution in [0.1, 0.15) is 109 Å². The summed E-state index contributed by atoms with van der Waals surface area (Å²) in [6.07, 6.45) is 16.4. The molecule has 0 unspecified atom stereocenters. The van der Waals surface area contributed by atoms with Gasteiger partial charge in [0, 0.05) is 11.1 Å². The summed E-state index contributed by atoms with van der Waals surface area (Å²) >= 11 is 0. The second-order valence-corrected chi connectivity index (χ2v) is 20.4. The molecular formula is C56H54CaO6. The number of ether oxygens (including phenoxy) is 2. The number of hydrogen-bond acceptors (Lipinski definition) is 6. The van der Waals surface area contributed by atoms with E-state index in [-0.39, 0.29) is 59.7 Å². The van der Waals surface area contributed by atoms with E-state index in [9.17, 15) is 19.8 Å². The van der Waals surface area contributed by atoms with Crippen LogP contribution in [0, 0.1) is 35.5 Å². The largest absolute Gasteiger partial charge is 2.00 e. The van der Waals surface area contributed by atoms with Crippen LogP contribution in [0.3, 0.4) is 0 Å². The zero-order valence-corrected chi connectivity index (χ0v) is 38.7. The molecule has 0 heterocycles. The van der Waals surface area contributed by atoms with Crippen molar-refractivity contribution in [3.63, 3.8) is 0 Å². The number of fused-ring (bicyclic) bond motifs is 2. The molecule has 8 saturated carbocycles. The summed E-state index contributed by atoms with van der Waals surface area (Å²) in [6.45, 7) is 0. The number of aromatic carboxylic acids is 2. The van der Waals surface area contributed by atoms with Crippen molar-refractivity contribution in [2.45, 2.75) is 87.9 Å². The molecule has 8 fully saturated rings. The Balaban J connectivity index is 0.000000147. The van der Waals surface area contributed by atoms with E-state index in [1.54, 1.807) is 38.5 Å². The van der Waals surface area contributed by atoms with Gasteiger partial charge < -0.3 is 29.3 Å². The van der Waals surface area contributed by atoms with Crippen LogP contribution in [0.4, 0.5) is 0 Å². The van der Waals surface area contributed by atoms with Gasteiger partial charge in [0.25, 0.3) is 0 Å². The summed E-state index contributed by atoms with van der Waals surface area (Å²) in [5, 5.41) is 26.2. The summed E-state index contributed by atoms with van der Waals surface area (Å²) in [4.78, 5) is 22.3. The second-order valence-electron chi connectivity index (χ2n) is 20.4. The van der Waals surface area contributed by atoms with Crippen LogP contribution < -0.4 is 19.7 Å². The van der Waals surface area contributed by atoms with E-state index in [1.807, 2.05) is 24.3 Å². The fourth-order valence-electron chi connectivity index (χ4n) is 14.6. The molecule has 8 bridgehead atoms. The van der Waals surface area contributed by atoms with E-state index in [2.05, 4.69) is 60.7 Å². The van der Waals surface area contributed by atoms with Crippen molar-refractivity contribution >= 4 is 71.2 Å². The Morgan fingerprint density at radius 2 is 0.714 bits per heavy atom. The Bertz CT molecular complexity index is 2510. The van der Waals surface area contributed by atoms with Gasteiger partial charge in [-0.25, -0.2) is 0 Å². The van der Waals surface area contributed by atoms with Gasteiger partial charge in [0.2, 0.25) is 0 Å². The molecule has 14 rings (SSSR count). The molecule has 0 saturated heterocycles. The summed E-state index contributed by atoms with van der Waals surface area (Å²) < 4.78 is 11.7. The number of methoxy groups -OCH3 is 2. The Kier molecular flexibility index (Phi) is 11.2. The first-order valence-corrected chi connectivity index (χ1v) is 22.9. The summed E-state index contributed by atoms with van der Waals surface area (Å²) in [7, 11) is 3.59. The van der Waals surface area contributed by atoms with Gasteiger partial charge in [-0.15, -0.1) is 0 Å². The molecule has 7 heteroatoms. The van der Waals surface area contributed by atoms with Crippen LogP contribution in [-0.4, -0.2) is 63.9 Å². The zero-order valence-electron chi connectivity index (χ0n) is 36.5. The number of carbonyl (C=O) groups is 2. The van der Waals surface area contributed by atoms with Crippen LogP contribution in [0.25, 0.3) is 43.8 Å². The first kappa shape index (κ1) is 42.6. The van der Waals surface area contributed by atoms with E-state index < -0.39 is 11.9 Å². The quantitative estimate of drug-likeness (QED) is 0.141. The molecule has 0 radical (unpaired) electrons. The summed E-state index contributed by atoms with van der Waals surface area (Å²) in [5.41, 5.74) is 8.51. The number of carboxylic acid groups (broad SMARTS) is 2. The molecule has 0 atom stereocenters. The molecule has 0 spiro atoms. The van der Waals surface area contributed by atoms with Crippen LogP contribution in [0.2, 0.25) is 0 Å². The van der Waals surface area contributed by atoms with E-state index in [0.717, 1.165) is 79.7 Å². The van der Waals surface area contributed by atoms with Gasteiger partial charge >= 0.3 is 37.7 Å². The number of hydrogen-bond donors (Lipinski definition) is 0. The number of rotatable bonds is 8. The maximum absolute atomic E-state index is 11.2. The number of carboxylic acids is 2. The molecule has 0 aromatic heterocycles. The van der Waals surface area contributed by atoms with Crippen molar-refractivity contribution in [1.82, 2.24) is 0 Å². The van der Waals surface area contributed by atoms with Gasteiger partial charge in [-0.1, -0.05) is 60.7 Å². The zero-order chi connectivity index (χ0) is 42.3. The third-order valence-corrected chi connectivity index (χ3v) is 16.4. The van der Waals surface area contributed by atoms with Crippen LogP contribution in [0.15, 0.2) is 109 Å². The van der Waals surface area contributed by atoms with Crippen molar-refractivity contribution in [1.29, 1.82) is 0 Å². The SMILES string of the molecule is COc1ccc(-c2ccc3cc(C(=O)[O-])ccc3c2)cc1C12CC3CC(CC(C3)C1)C2.COc1ccc(-c2ccc3cc(C(=O)[O-])ccc3c2)cc1C12CC3CC(CC(C3)C1)C2.[Ca+2]. The third kappa shape index (κ3) is 7.76. The van der Waals surface area contributed by atoms with Gasteiger partial charge in [0.1, 0.15) is 11.5 Å². The molecule has 6 nitrogen and oxygen atoms in total. The minimum atomic E-state index is -1.14.